The lowest BCUT2D eigenvalue weighted by atomic mass is 9.99. The average Bonchev–Trinajstić information content (AvgIpc) is 3.02. The van der Waals surface area contributed by atoms with Crippen molar-refractivity contribution in [3.63, 3.8) is 0 Å². The maximum absolute atomic E-state index is 12.7. The first-order valence-electron chi connectivity index (χ1n) is 7.09. The van der Waals surface area contributed by atoms with Gasteiger partial charge >= 0.3 is 5.97 Å². The lowest BCUT2D eigenvalue weighted by Crippen LogP contribution is -2.17. The van der Waals surface area contributed by atoms with E-state index >= 15 is 0 Å². The summed E-state index contributed by atoms with van der Waals surface area (Å²) in [6.45, 7) is 2.61. The molecule has 5 heteroatoms. The van der Waals surface area contributed by atoms with Crippen molar-refractivity contribution in [3.8, 4) is 0 Å². The smallest absolute Gasteiger partial charge is 0.312 e. The number of carboxylic acid groups (broad SMARTS) is 1. The molecule has 0 aliphatic carbocycles. The number of thiophene rings is 1. The van der Waals surface area contributed by atoms with E-state index in [0.717, 1.165) is 30.6 Å². The molecule has 0 amide bonds. The molecule has 0 radical (unpaired) electrons. The predicted octanol–water partition coefficient (Wildman–Crippen LogP) is 3.44. The molecular formula is C16H17NO3S. The molecule has 1 aliphatic rings. The second-order valence-electron chi connectivity index (χ2n) is 5.48. The van der Waals surface area contributed by atoms with Gasteiger partial charge in [-0.1, -0.05) is 6.42 Å². The van der Waals surface area contributed by atoms with Crippen LogP contribution in [0.1, 0.15) is 52.5 Å². The normalized spacial score (nSPS) is 18.0. The first-order chi connectivity index (χ1) is 10.1. The lowest BCUT2D eigenvalue weighted by molar-refractivity contribution is -0.139. The summed E-state index contributed by atoms with van der Waals surface area (Å²) in [5, 5.41) is 13.2. The number of carboxylic acids is 1. The molecule has 3 rings (SSSR count). The van der Waals surface area contributed by atoms with Crippen LogP contribution >= 0.6 is 11.3 Å². The molecule has 0 spiro atoms. The van der Waals surface area contributed by atoms with Crippen molar-refractivity contribution in [2.45, 2.75) is 38.6 Å². The van der Waals surface area contributed by atoms with Crippen molar-refractivity contribution in [1.29, 1.82) is 0 Å². The molecule has 4 nitrogen and oxygen atoms in total. The average molecular weight is 303 g/mol. The Balaban J connectivity index is 2.11. The number of rotatable bonds is 3. The third kappa shape index (κ3) is 2.42. The van der Waals surface area contributed by atoms with Crippen LogP contribution in [0, 0.1) is 6.92 Å². The molecule has 110 valence electrons. The molecule has 1 atom stereocenters. The van der Waals surface area contributed by atoms with Crippen LogP contribution < -0.4 is 0 Å². The molecule has 0 saturated carbocycles. The zero-order valence-corrected chi connectivity index (χ0v) is 12.7. The SMILES string of the molecule is Cc1cc2n(c1C(=O)c1ccsc1)CCCCC2C(=O)O. The monoisotopic (exact) mass is 303 g/mol. The van der Waals surface area contributed by atoms with Gasteiger partial charge in [-0.15, -0.1) is 0 Å². The minimum Gasteiger partial charge on any atom is -0.481 e. The second-order valence-corrected chi connectivity index (χ2v) is 6.26. The molecule has 1 N–H and O–H groups in total. The number of fused-ring (bicyclic) bond motifs is 1. The highest BCUT2D eigenvalue weighted by Crippen LogP contribution is 2.32. The Bertz CT molecular complexity index is 685. The number of carbonyl (C=O) groups is 2. The summed E-state index contributed by atoms with van der Waals surface area (Å²) in [6.07, 6.45) is 2.43. The summed E-state index contributed by atoms with van der Waals surface area (Å²) >= 11 is 1.49. The molecule has 0 bridgehead atoms. The fourth-order valence-corrected chi connectivity index (χ4v) is 3.72. The van der Waals surface area contributed by atoms with E-state index in [4.69, 9.17) is 0 Å². The molecule has 2 aromatic rings. The fourth-order valence-electron chi connectivity index (χ4n) is 3.09. The third-order valence-electron chi connectivity index (χ3n) is 4.10. The Morgan fingerprint density at radius 1 is 1.38 bits per heavy atom. The van der Waals surface area contributed by atoms with Crippen molar-refractivity contribution < 1.29 is 14.7 Å². The van der Waals surface area contributed by atoms with E-state index in [2.05, 4.69) is 0 Å². The number of hydrogen-bond acceptors (Lipinski definition) is 3. The van der Waals surface area contributed by atoms with E-state index in [1.165, 1.54) is 11.3 Å². The van der Waals surface area contributed by atoms with Crippen LogP contribution in [0.3, 0.4) is 0 Å². The van der Waals surface area contributed by atoms with Crippen molar-refractivity contribution in [1.82, 2.24) is 4.57 Å². The van der Waals surface area contributed by atoms with Gasteiger partial charge in [-0.3, -0.25) is 9.59 Å². The molecule has 1 aliphatic heterocycles. The van der Waals surface area contributed by atoms with E-state index in [0.29, 0.717) is 17.7 Å². The lowest BCUT2D eigenvalue weighted by Gasteiger charge is -2.13. The molecule has 0 saturated heterocycles. The van der Waals surface area contributed by atoms with Gasteiger partial charge in [-0.05, 0) is 42.8 Å². The highest BCUT2D eigenvalue weighted by molar-refractivity contribution is 7.08. The van der Waals surface area contributed by atoms with Crippen LogP contribution in [0.4, 0.5) is 0 Å². The Morgan fingerprint density at radius 2 is 2.19 bits per heavy atom. The van der Waals surface area contributed by atoms with Gasteiger partial charge in [0.15, 0.2) is 0 Å². The fraction of sp³-hybridized carbons (Fsp3) is 0.375. The summed E-state index contributed by atoms with van der Waals surface area (Å²) < 4.78 is 1.93. The minimum atomic E-state index is -0.801. The summed E-state index contributed by atoms with van der Waals surface area (Å²) in [4.78, 5) is 24.2. The standard InChI is InChI=1S/C16H17NO3S/c1-10-8-13-12(16(19)20)4-2-3-6-17(13)14(10)15(18)11-5-7-21-9-11/h5,7-9,12H,2-4,6H2,1H3,(H,19,20). The van der Waals surface area contributed by atoms with Gasteiger partial charge in [0.1, 0.15) is 0 Å². The highest BCUT2D eigenvalue weighted by atomic mass is 32.1. The van der Waals surface area contributed by atoms with Gasteiger partial charge in [0.25, 0.3) is 0 Å². The number of aliphatic carboxylic acids is 1. The Kier molecular flexibility index (Phi) is 3.68. The predicted molar refractivity (Wildman–Crippen MR) is 81.1 cm³/mol. The van der Waals surface area contributed by atoms with Crippen LogP contribution in [0.2, 0.25) is 0 Å². The first-order valence-corrected chi connectivity index (χ1v) is 8.03. The topological polar surface area (TPSA) is 59.3 Å². The maximum Gasteiger partial charge on any atom is 0.312 e. The van der Waals surface area contributed by atoms with Crippen molar-refractivity contribution >= 4 is 23.1 Å². The van der Waals surface area contributed by atoms with Gasteiger partial charge in [0.05, 0.1) is 11.6 Å². The van der Waals surface area contributed by atoms with Gasteiger partial charge in [0, 0.05) is 23.2 Å². The van der Waals surface area contributed by atoms with Crippen LogP contribution in [-0.2, 0) is 11.3 Å². The van der Waals surface area contributed by atoms with Crippen molar-refractivity contribution in [2.24, 2.45) is 0 Å². The summed E-state index contributed by atoms with van der Waals surface area (Å²) in [5.41, 5.74) is 2.97. The number of aryl methyl sites for hydroxylation is 1. The Morgan fingerprint density at radius 3 is 2.86 bits per heavy atom. The van der Waals surface area contributed by atoms with Crippen molar-refractivity contribution in [2.75, 3.05) is 0 Å². The van der Waals surface area contributed by atoms with E-state index in [-0.39, 0.29) is 5.78 Å². The van der Waals surface area contributed by atoms with E-state index in [9.17, 15) is 14.7 Å². The number of ketones is 1. The highest BCUT2D eigenvalue weighted by Gasteiger charge is 2.30. The van der Waals surface area contributed by atoms with E-state index < -0.39 is 11.9 Å². The zero-order chi connectivity index (χ0) is 15.0. The summed E-state index contributed by atoms with van der Waals surface area (Å²) in [6, 6.07) is 3.70. The van der Waals surface area contributed by atoms with Gasteiger partial charge in [-0.25, -0.2) is 0 Å². The zero-order valence-electron chi connectivity index (χ0n) is 11.8. The van der Waals surface area contributed by atoms with E-state index in [1.54, 1.807) is 0 Å². The number of nitrogens with zero attached hydrogens (tertiary/aromatic N) is 1. The number of hydrogen-bond donors (Lipinski definition) is 1. The largest absolute Gasteiger partial charge is 0.481 e. The molecule has 0 aromatic carbocycles. The maximum atomic E-state index is 12.7. The Labute approximate surface area is 127 Å². The van der Waals surface area contributed by atoms with Crippen LogP contribution in [0.25, 0.3) is 0 Å². The molecule has 1 unspecified atom stereocenters. The second kappa shape index (κ2) is 5.48. The molecule has 2 aromatic heterocycles. The molecule has 3 heterocycles. The summed E-state index contributed by atoms with van der Waals surface area (Å²) in [5.74, 6) is -1.31. The molecular weight excluding hydrogens is 286 g/mol. The minimum absolute atomic E-state index is 0.00830. The number of aromatic nitrogens is 1. The van der Waals surface area contributed by atoms with Crippen LogP contribution in [-0.4, -0.2) is 21.4 Å². The quantitative estimate of drug-likeness (QED) is 0.884. The van der Waals surface area contributed by atoms with E-state index in [1.807, 2.05) is 34.4 Å². The Hall–Kier alpha value is -1.88. The molecule has 21 heavy (non-hydrogen) atoms. The number of carbonyl (C=O) groups excluding carboxylic acids is 1. The van der Waals surface area contributed by atoms with Gasteiger partial charge in [0.2, 0.25) is 5.78 Å². The van der Waals surface area contributed by atoms with Crippen molar-refractivity contribution in [3.05, 3.63) is 45.4 Å². The molecule has 0 fully saturated rings. The first kappa shape index (κ1) is 14.1. The third-order valence-corrected chi connectivity index (χ3v) is 4.78. The van der Waals surface area contributed by atoms with Crippen LogP contribution in [0.15, 0.2) is 22.9 Å². The summed E-state index contributed by atoms with van der Waals surface area (Å²) in [7, 11) is 0. The van der Waals surface area contributed by atoms with Gasteiger partial charge < -0.3 is 9.67 Å². The van der Waals surface area contributed by atoms with Crippen LogP contribution in [0.5, 0.6) is 0 Å². The van der Waals surface area contributed by atoms with Gasteiger partial charge in [-0.2, -0.15) is 11.3 Å².